The minimum Gasteiger partial charge on any atom is -0.387 e. The van der Waals surface area contributed by atoms with Crippen LogP contribution in [0.15, 0.2) is 18.3 Å². The minimum absolute atomic E-state index is 0.531. The molecule has 1 N–H and O–H groups in total. The second-order valence-corrected chi connectivity index (χ2v) is 3.02. The zero-order valence-corrected chi connectivity index (χ0v) is 7.70. The normalized spacial score (nSPS) is 12.1. The lowest BCUT2D eigenvalue weighted by Gasteiger charge is -2.07. The van der Waals surface area contributed by atoms with Crippen molar-refractivity contribution in [3.05, 3.63) is 29.6 Å². The topological polar surface area (TPSA) is 33.1 Å². The molecule has 0 spiro atoms. The van der Waals surface area contributed by atoms with Crippen LogP contribution in [0.2, 0.25) is 0 Å². The lowest BCUT2D eigenvalue weighted by atomic mass is 10.1. The van der Waals surface area contributed by atoms with Crippen LogP contribution in [-0.2, 0) is 0 Å². The summed E-state index contributed by atoms with van der Waals surface area (Å²) in [7, 11) is 0. The Hall–Kier alpha value is -1.33. The van der Waals surface area contributed by atoms with Crippen LogP contribution in [0.1, 0.15) is 30.2 Å². The van der Waals surface area contributed by atoms with Crippen LogP contribution in [0, 0.1) is 19.3 Å². The average Bonchev–Trinajstić information content (AvgIpc) is 2.15. The van der Waals surface area contributed by atoms with Gasteiger partial charge >= 0.3 is 0 Å². The maximum atomic E-state index is 9.58. The number of rotatable bonds is 3. The van der Waals surface area contributed by atoms with Crippen molar-refractivity contribution < 1.29 is 5.11 Å². The van der Waals surface area contributed by atoms with E-state index < -0.39 is 6.10 Å². The highest BCUT2D eigenvalue weighted by Crippen LogP contribution is 2.15. The Kier molecular flexibility index (Phi) is 3.48. The first-order valence-corrected chi connectivity index (χ1v) is 4.28. The molecule has 0 aliphatic heterocycles. The molecule has 0 radical (unpaired) electrons. The third-order valence-electron chi connectivity index (χ3n) is 1.84. The van der Waals surface area contributed by atoms with Gasteiger partial charge in [0.15, 0.2) is 0 Å². The third kappa shape index (κ3) is 2.89. The molecular weight excluding hydrogens is 162 g/mol. The quantitative estimate of drug-likeness (QED) is 0.711. The standard InChI is InChI=1S/C11H13NO/c1-3-4-5-11(13)10-7-6-9(2)8-12-10/h1,6-8,11,13H,4-5H2,2H3. The summed E-state index contributed by atoms with van der Waals surface area (Å²) in [6, 6.07) is 3.76. The van der Waals surface area contributed by atoms with E-state index in [4.69, 9.17) is 6.42 Å². The van der Waals surface area contributed by atoms with Gasteiger partial charge in [0.1, 0.15) is 0 Å². The van der Waals surface area contributed by atoms with E-state index in [0.717, 1.165) is 5.56 Å². The van der Waals surface area contributed by atoms with E-state index in [1.807, 2.05) is 19.1 Å². The van der Waals surface area contributed by atoms with E-state index >= 15 is 0 Å². The number of aliphatic hydroxyl groups is 1. The largest absolute Gasteiger partial charge is 0.387 e. The Bertz CT molecular complexity index is 297. The summed E-state index contributed by atoms with van der Waals surface area (Å²) in [5.41, 5.74) is 1.79. The molecule has 68 valence electrons. The summed E-state index contributed by atoms with van der Waals surface area (Å²) in [6.07, 6.45) is 7.47. The Labute approximate surface area is 78.6 Å². The lowest BCUT2D eigenvalue weighted by molar-refractivity contribution is 0.164. The number of aromatic nitrogens is 1. The van der Waals surface area contributed by atoms with Crippen molar-refractivity contribution in [2.24, 2.45) is 0 Å². The number of nitrogens with zero attached hydrogens (tertiary/aromatic N) is 1. The molecule has 1 atom stereocenters. The van der Waals surface area contributed by atoms with Gasteiger partial charge in [0, 0.05) is 12.6 Å². The highest BCUT2D eigenvalue weighted by molar-refractivity contribution is 5.14. The molecule has 0 amide bonds. The van der Waals surface area contributed by atoms with Crippen molar-refractivity contribution in [2.75, 3.05) is 0 Å². The molecule has 13 heavy (non-hydrogen) atoms. The first kappa shape index (κ1) is 9.76. The number of terminal acetylenes is 1. The maximum absolute atomic E-state index is 9.58. The monoisotopic (exact) mass is 175 g/mol. The van der Waals surface area contributed by atoms with Gasteiger partial charge in [0.2, 0.25) is 0 Å². The van der Waals surface area contributed by atoms with Gasteiger partial charge in [-0.2, -0.15) is 0 Å². The number of aliphatic hydroxyl groups excluding tert-OH is 1. The van der Waals surface area contributed by atoms with Crippen LogP contribution in [0.3, 0.4) is 0 Å². The summed E-state index contributed by atoms with van der Waals surface area (Å²) in [4.78, 5) is 4.11. The van der Waals surface area contributed by atoms with Crippen LogP contribution in [0.4, 0.5) is 0 Å². The first-order valence-electron chi connectivity index (χ1n) is 4.28. The molecule has 0 saturated carbocycles. The summed E-state index contributed by atoms with van der Waals surface area (Å²) in [6.45, 7) is 1.96. The van der Waals surface area contributed by atoms with Crippen molar-refractivity contribution in [1.82, 2.24) is 4.98 Å². The summed E-state index contributed by atoms with van der Waals surface area (Å²) in [5.74, 6) is 2.49. The molecule has 0 aliphatic carbocycles. The predicted octanol–water partition coefficient (Wildman–Crippen LogP) is 1.84. The lowest BCUT2D eigenvalue weighted by Crippen LogP contribution is -1.99. The van der Waals surface area contributed by atoms with Gasteiger partial charge in [-0.05, 0) is 25.0 Å². The first-order chi connectivity index (χ1) is 6.24. The summed E-state index contributed by atoms with van der Waals surface area (Å²) >= 11 is 0. The highest BCUT2D eigenvalue weighted by Gasteiger charge is 2.06. The molecule has 0 bridgehead atoms. The van der Waals surface area contributed by atoms with E-state index in [0.29, 0.717) is 18.5 Å². The van der Waals surface area contributed by atoms with Crippen LogP contribution in [-0.4, -0.2) is 10.1 Å². The number of hydrogen-bond donors (Lipinski definition) is 1. The van der Waals surface area contributed by atoms with Gasteiger partial charge in [0.05, 0.1) is 11.8 Å². The van der Waals surface area contributed by atoms with Gasteiger partial charge in [-0.25, -0.2) is 0 Å². The molecule has 0 fully saturated rings. The number of aryl methyl sites for hydroxylation is 1. The van der Waals surface area contributed by atoms with Crippen LogP contribution in [0.5, 0.6) is 0 Å². The fraction of sp³-hybridized carbons (Fsp3) is 0.364. The fourth-order valence-corrected chi connectivity index (χ4v) is 1.04. The van der Waals surface area contributed by atoms with E-state index in [2.05, 4.69) is 10.9 Å². The van der Waals surface area contributed by atoms with E-state index in [1.54, 1.807) is 6.20 Å². The highest BCUT2D eigenvalue weighted by atomic mass is 16.3. The van der Waals surface area contributed by atoms with Crippen molar-refractivity contribution >= 4 is 0 Å². The Morgan fingerprint density at radius 2 is 2.38 bits per heavy atom. The molecular formula is C11H13NO. The molecule has 1 rings (SSSR count). The van der Waals surface area contributed by atoms with Gasteiger partial charge < -0.3 is 5.11 Å². The maximum Gasteiger partial charge on any atom is 0.0968 e. The van der Waals surface area contributed by atoms with E-state index in [-0.39, 0.29) is 0 Å². The molecule has 1 heterocycles. The number of hydrogen-bond acceptors (Lipinski definition) is 2. The zero-order valence-electron chi connectivity index (χ0n) is 7.70. The Balaban J connectivity index is 2.62. The second-order valence-electron chi connectivity index (χ2n) is 3.02. The average molecular weight is 175 g/mol. The summed E-state index contributed by atoms with van der Waals surface area (Å²) < 4.78 is 0. The van der Waals surface area contributed by atoms with Crippen LogP contribution < -0.4 is 0 Å². The van der Waals surface area contributed by atoms with Crippen molar-refractivity contribution in [1.29, 1.82) is 0 Å². The van der Waals surface area contributed by atoms with Crippen LogP contribution >= 0.6 is 0 Å². The predicted molar refractivity (Wildman–Crippen MR) is 52.0 cm³/mol. The van der Waals surface area contributed by atoms with Gasteiger partial charge in [-0.1, -0.05) is 6.07 Å². The van der Waals surface area contributed by atoms with E-state index in [1.165, 1.54) is 0 Å². The molecule has 1 aromatic heterocycles. The van der Waals surface area contributed by atoms with Gasteiger partial charge in [-0.3, -0.25) is 4.98 Å². The smallest absolute Gasteiger partial charge is 0.0968 e. The van der Waals surface area contributed by atoms with Crippen molar-refractivity contribution in [2.45, 2.75) is 25.9 Å². The molecule has 1 unspecified atom stereocenters. The molecule has 2 nitrogen and oxygen atoms in total. The third-order valence-corrected chi connectivity index (χ3v) is 1.84. The minimum atomic E-state index is -0.531. The molecule has 1 aromatic rings. The fourth-order valence-electron chi connectivity index (χ4n) is 1.04. The number of pyridine rings is 1. The zero-order chi connectivity index (χ0) is 9.68. The van der Waals surface area contributed by atoms with Crippen molar-refractivity contribution in [3.63, 3.8) is 0 Å². The SMILES string of the molecule is C#CCCC(O)c1ccc(C)cn1. The van der Waals surface area contributed by atoms with Crippen molar-refractivity contribution in [3.8, 4) is 12.3 Å². The van der Waals surface area contributed by atoms with Crippen LogP contribution in [0.25, 0.3) is 0 Å². The molecule has 0 saturated heterocycles. The summed E-state index contributed by atoms with van der Waals surface area (Å²) in [5, 5.41) is 9.58. The van der Waals surface area contributed by atoms with Gasteiger partial charge in [-0.15, -0.1) is 12.3 Å². The van der Waals surface area contributed by atoms with Gasteiger partial charge in [0.25, 0.3) is 0 Å². The Morgan fingerprint density at radius 3 is 2.92 bits per heavy atom. The molecule has 0 aromatic carbocycles. The second kappa shape index (κ2) is 4.64. The molecule has 2 heteroatoms. The Morgan fingerprint density at radius 1 is 1.62 bits per heavy atom. The van der Waals surface area contributed by atoms with E-state index in [9.17, 15) is 5.11 Å². The molecule has 0 aliphatic rings.